The fourth-order valence-corrected chi connectivity index (χ4v) is 2.14. The van der Waals surface area contributed by atoms with Crippen molar-refractivity contribution >= 4 is 0 Å². The molecule has 2 saturated carbocycles. The van der Waals surface area contributed by atoms with Gasteiger partial charge in [0, 0.05) is 18.6 Å². The standard InChI is InChI=1S/C12H24N2/c1-8(2)11(13)7-14-12(9-3-4-9)10-5-6-10/h8-12,14H,3-7,13H2,1-2H3. The Hall–Kier alpha value is -0.0800. The Morgan fingerprint density at radius 2 is 1.64 bits per heavy atom. The predicted molar refractivity (Wildman–Crippen MR) is 60.1 cm³/mol. The lowest BCUT2D eigenvalue weighted by molar-refractivity contribution is 0.372. The third kappa shape index (κ3) is 2.71. The van der Waals surface area contributed by atoms with Gasteiger partial charge in [0.15, 0.2) is 0 Å². The van der Waals surface area contributed by atoms with Gasteiger partial charge in [-0.2, -0.15) is 0 Å². The first kappa shape index (κ1) is 10.4. The summed E-state index contributed by atoms with van der Waals surface area (Å²) in [6.07, 6.45) is 5.80. The number of hydrogen-bond donors (Lipinski definition) is 2. The van der Waals surface area contributed by atoms with Crippen LogP contribution in [0, 0.1) is 17.8 Å². The van der Waals surface area contributed by atoms with Gasteiger partial charge in [-0.3, -0.25) is 0 Å². The zero-order chi connectivity index (χ0) is 10.1. The average Bonchev–Trinajstić information content (AvgIpc) is 2.99. The van der Waals surface area contributed by atoms with Crippen LogP contribution in [-0.2, 0) is 0 Å². The highest BCUT2D eigenvalue weighted by molar-refractivity contribution is 4.96. The van der Waals surface area contributed by atoms with E-state index in [-0.39, 0.29) is 0 Å². The van der Waals surface area contributed by atoms with Crippen molar-refractivity contribution in [3.63, 3.8) is 0 Å². The summed E-state index contributed by atoms with van der Waals surface area (Å²) in [6, 6.07) is 1.13. The topological polar surface area (TPSA) is 38.0 Å². The van der Waals surface area contributed by atoms with Crippen molar-refractivity contribution in [2.75, 3.05) is 6.54 Å². The lowest BCUT2D eigenvalue weighted by Gasteiger charge is -2.22. The smallest absolute Gasteiger partial charge is 0.0188 e. The molecule has 0 spiro atoms. The van der Waals surface area contributed by atoms with E-state index in [2.05, 4.69) is 19.2 Å². The average molecular weight is 196 g/mol. The van der Waals surface area contributed by atoms with Crippen molar-refractivity contribution in [3.8, 4) is 0 Å². The first-order chi connectivity index (χ1) is 6.68. The summed E-state index contributed by atoms with van der Waals surface area (Å²) in [7, 11) is 0. The van der Waals surface area contributed by atoms with Gasteiger partial charge in [-0.25, -0.2) is 0 Å². The fraction of sp³-hybridized carbons (Fsp3) is 1.00. The molecule has 0 saturated heterocycles. The fourth-order valence-electron chi connectivity index (χ4n) is 2.14. The molecule has 0 aromatic carbocycles. The van der Waals surface area contributed by atoms with E-state index in [9.17, 15) is 0 Å². The molecule has 2 heteroatoms. The van der Waals surface area contributed by atoms with Crippen molar-refractivity contribution in [2.24, 2.45) is 23.5 Å². The minimum absolute atomic E-state index is 0.329. The van der Waals surface area contributed by atoms with Gasteiger partial charge in [-0.1, -0.05) is 13.8 Å². The van der Waals surface area contributed by atoms with E-state index in [0.29, 0.717) is 12.0 Å². The zero-order valence-electron chi connectivity index (χ0n) is 9.50. The van der Waals surface area contributed by atoms with Gasteiger partial charge >= 0.3 is 0 Å². The summed E-state index contributed by atoms with van der Waals surface area (Å²) in [5.74, 6) is 2.57. The highest BCUT2D eigenvalue weighted by Crippen LogP contribution is 2.44. The summed E-state index contributed by atoms with van der Waals surface area (Å²) >= 11 is 0. The maximum Gasteiger partial charge on any atom is 0.0188 e. The minimum Gasteiger partial charge on any atom is -0.326 e. The molecule has 0 aromatic heterocycles. The van der Waals surface area contributed by atoms with E-state index in [0.717, 1.165) is 24.4 Å². The molecular formula is C12H24N2. The number of nitrogens with two attached hydrogens (primary N) is 1. The molecule has 2 fully saturated rings. The predicted octanol–water partition coefficient (Wildman–Crippen LogP) is 1.75. The van der Waals surface area contributed by atoms with Crippen molar-refractivity contribution in [1.82, 2.24) is 5.32 Å². The second-order valence-electron chi connectivity index (χ2n) is 5.52. The Kier molecular flexibility index (Phi) is 3.13. The largest absolute Gasteiger partial charge is 0.326 e. The maximum absolute atomic E-state index is 6.04. The third-order valence-corrected chi connectivity index (χ3v) is 3.71. The van der Waals surface area contributed by atoms with Crippen LogP contribution in [0.15, 0.2) is 0 Å². The van der Waals surface area contributed by atoms with Crippen LogP contribution in [0.4, 0.5) is 0 Å². The highest BCUT2D eigenvalue weighted by atomic mass is 15.0. The number of rotatable bonds is 6. The summed E-state index contributed by atoms with van der Waals surface area (Å²) in [6.45, 7) is 5.42. The molecule has 0 aliphatic heterocycles. The molecule has 3 N–H and O–H groups in total. The summed E-state index contributed by atoms with van der Waals surface area (Å²) in [5, 5.41) is 3.70. The monoisotopic (exact) mass is 196 g/mol. The molecule has 2 aliphatic rings. The molecule has 14 heavy (non-hydrogen) atoms. The van der Waals surface area contributed by atoms with Crippen LogP contribution < -0.4 is 11.1 Å². The van der Waals surface area contributed by atoms with E-state index < -0.39 is 0 Å². The van der Waals surface area contributed by atoms with Crippen molar-refractivity contribution in [3.05, 3.63) is 0 Å². The molecule has 0 radical (unpaired) electrons. The van der Waals surface area contributed by atoms with Crippen molar-refractivity contribution in [2.45, 2.75) is 51.6 Å². The molecule has 1 unspecified atom stereocenters. The van der Waals surface area contributed by atoms with E-state index in [1.54, 1.807) is 0 Å². The van der Waals surface area contributed by atoms with Gasteiger partial charge in [-0.15, -0.1) is 0 Å². The first-order valence-electron chi connectivity index (χ1n) is 6.17. The Balaban J connectivity index is 1.71. The second-order valence-corrected chi connectivity index (χ2v) is 5.52. The quantitative estimate of drug-likeness (QED) is 0.679. The normalized spacial score (nSPS) is 24.6. The zero-order valence-corrected chi connectivity index (χ0v) is 9.50. The number of nitrogens with one attached hydrogen (secondary N) is 1. The molecule has 0 bridgehead atoms. The lowest BCUT2D eigenvalue weighted by atomic mass is 10.0. The van der Waals surface area contributed by atoms with E-state index in [4.69, 9.17) is 5.73 Å². The van der Waals surface area contributed by atoms with Gasteiger partial charge in [0.1, 0.15) is 0 Å². The Bertz CT molecular complexity index is 171. The van der Waals surface area contributed by atoms with Gasteiger partial charge in [0.05, 0.1) is 0 Å². The van der Waals surface area contributed by atoms with E-state index in [1.165, 1.54) is 25.7 Å². The lowest BCUT2D eigenvalue weighted by Crippen LogP contribution is -2.44. The van der Waals surface area contributed by atoms with Gasteiger partial charge in [0.25, 0.3) is 0 Å². The van der Waals surface area contributed by atoms with Crippen LogP contribution >= 0.6 is 0 Å². The van der Waals surface area contributed by atoms with Crippen LogP contribution in [0.25, 0.3) is 0 Å². The molecule has 0 heterocycles. The highest BCUT2D eigenvalue weighted by Gasteiger charge is 2.41. The van der Waals surface area contributed by atoms with Crippen LogP contribution in [0.3, 0.4) is 0 Å². The molecule has 82 valence electrons. The molecule has 0 aromatic rings. The summed E-state index contributed by atoms with van der Waals surface area (Å²) in [4.78, 5) is 0. The Labute approximate surface area is 87.6 Å². The van der Waals surface area contributed by atoms with Crippen molar-refractivity contribution in [1.29, 1.82) is 0 Å². The third-order valence-electron chi connectivity index (χ3n) is 3.71. The Morgan fingerprint density at radius 3 is 2.00 bits per heavy atom. The second kappa shape index (κ2) is 4.19. The minimum atomic E-state index is 0.329. The molecular weight excluding hydrogens is 172 g/mol. The molecule has 2 aliphatic carbocycles. The van der Waals surface area contributed by atoms with Crippen LogP contribution in [0.2, 0.25) is 0 Å². The summed E-state index contributed by atoms with van der Waals surface area (Å²) in [5.41, 5.74) is 6.04. The Morgan fingerprint density at radius 1 is 1.14 bits per heavy atom. The van der Waals surface area contributed by atoms with Gasteiger partial charge in [0.2, 0.25) is 0 Å². The SMILES string of the molecule is CC(C)C(N)CNC(C1CC1)C1CC1. The molecule has 2 nitrogen and oxygen atoms in total. The molecule has 0 amide bonds. The number of hydrogen-bond acceptors (Lipinski definition) is 2. The first-order valence-corrected chi connectivity index (χ1v) is 6.17. The van der Waals surface area contributed by atoms with Gasteiger partial charge < -0.3 is 11.1 Å². The maximum atomic E-state index is 6.04. The molecule has 2 rings (SSSR count). The summed E-state index contributed by atoms with van der Waals surface area (Å²) < 4.78 is 0. The van der Waals surface area contributed by atoms with Crippen molar-refractivity contribution < 1.29 is 0 Å². The van der Waals surface area contributed by atoms with Crippen LogP contribution in [0.5, 0.6) is 0 Å². The van der Waals surface area contributed by atoms with Crippen LogP contribution in [0.1, 0.15) is 39.5 Å². The van der Waals surface area contributed by atoms with E-state index >= 15 is 0 Å². The molecule has 1 atom stereocenters. The van der Waals surface area contributed by atoms with Crippen LogP contribution in [-0.4, -0.2) is 18.6 Å². The van der Waals surface area contributed by atoms with Gasteiger partial charge in [-0.05, 0) is 43.4 Å². The van der Waals surface area contributed by atoms with E-state index in [1.807, 2.05) is 0 Å².